The van der Waals surface area contributed by atoms with E-state index >= 15 is 0 Å². The van der Waals surface area contributed by atoms with Gasteiger partial charge < -0.3 is 18.9 Å². The average Bonchev–Trinajstić information content (AvgIpc) is 2.77. The first-order valence-electron chi connectivity index (χ1n) is 10.5. The molecular formula is C16H17F17NNa2O6PS. The number of nitrogens with zero attached hydrogens (tertiary/aromatic N) is 1. The van der Waals surface area contributed by atoms with Crippen LogP contribution in [0.1, 0.15) is 26.2 Å². The Kier molecular flexibility index (Phi) is 17.4. The van der Waals surface area contributed by atoms with Crippen LogP contribution in [0.15, 0.2) is 0 Å². The number of hydrogen-bond acceptors (Lipinski definition) is 6. The summed E-state index contributed by atoms with van der Waals surface area (Å²) in [5, 5.41) is 0. The molecule has 0 radical (unpaired) electrons. The molecule has 0 aliphatic carbocycles. The zero-order valence-corrected chi connectivity index (χ0v) is 27.8. The molecule has 0 rings (SSSR count). The van der Waals surface area contributed by atoms with Crippen molar-refractivity contribution >= 4 is 17.8 Å². The Morgan fingerprint density at radius 1 is 0.659 bits per heavy atom. The summed E-state index contributed by atoms with van der Waals surface area (Å²) in [5.74, 6) is -60.4. The molecule has 0 amide bonds. The van der Waals surface area contributed by atoms with Crippen molar-refractivity contribution in [3.63, 3.8) is 0 Å². The predicted molar refractivity (Wildman–Crippen MR) is 99.1 cm³/mol. The molecule has 0 bridgehead atoms. The van der Waals surface area contributed by atoms with Crippen molar-refractivity contribution in [3.05, 3.63) is 0 Å². The van der Waals surface area contributed by atoms with E-state index in [0.29, 0.717) is 0 Å². The molecule has 0 saturated carbocycles. The Labute approximate surface area is 281 Å². The molecule has 44 heavy (non-hydrogen) atoms. The van der Waals surface area contributed by atoms with E-state index in [1.165, 1.54) is 6.92 Å². The maximum Gasteiger partial charge on any atom is 1.00 e. The van der Waals surface area contributed by atoms with Crippen LogP contribution in [-0.2, 0) is 19.1 Å². The SMILES string of the molecule is CCCN(CCCOP(=O)([O-])[O-])S(=O)(=O)CCC(F)(F)C(F)(F)C(F)(F)C(F)(F)C(F)(F)C(F)(F)C(F)(F)C(F)(F)F.[Na+].[Na+]. The first kappa shape index (κ1) is 49.2. The molecule has 7 nitrogen and oxygen atoms in total. The van der Waals surface area contributed by atoms with Gasteiger partial charge in [0, 0.05) is 19.5 Å². The Morgan fingerprint density at radius 2 is 1.02 bits per heavy atom. The normalized spacial score (nSPS) is 15.2. The zero-order valence-electron chi connectivity index (χ0n) is 22.1. The van der Waals surface area contributed by atoms with E-state index in [9.17, 15) is 97.4 Å². The van der Waals surface area contributed by atoms with Crippen LogP contribution in [0.25, 0.3) is 0 Å². The molecule has 28 heteroatoms. The maximum absolute atomic E-state index is 14.0. The smallest absolute Gasteiger partial charge is 0.790 e. The second kappa shape index (κ2) is 15.6. The van der Waals surface area contributed by atoms with Gasteiger partial charge >= 0.3 is 107 Å². The summed E-state index contributed by atoms with van der Waals surface area (Å²) in [6.07, 6.45) is -12.0. The van der Waals surface area contributed by atoms with Gasteiger partial charge in [0.15, 0.2) is 0 Å². The molecule has 0 spiro atoms. The van der Waals surface area contributed by atoms with Crippen molar-refractivity contribution in [3.8, 4) is 0 Å². The number of rotatable bonds is 17. The molecule has 0 N–H and O–H groups in total. The number of phosphoric acid groups is 1. The number of sulfonamides is 1. The van der Waals surface area contributed by atoms with E-state index in [0.717, 1.165) is 0 Å². The summed E-state index contributed by atoms with van der Waals surface area (Å²) >= 11 is 0. The second-order valence-corrected chi connectivity index (χ2v) is 11.5. The van der Waals surface area contributed by atoms with Crippen LogP contribution in [0.3, 0.4) is 0 Å². The third-order valence-corrected chi connectivity index (χ3v) is 7.50. The predicted octanol–water partition coefficient (Wildman–Crippen LogP) is -1.33. The van der Waals surface area contributed by atoms with Crippen molar-refractivity contribution in [1.82, 2.24) is 4.31 Å². The quantitative estimate of drug-likeness (QED) is 0.0790. The van der Waals surface area contributed by atoms with Crippen molar-refractivity contribution in [2.45, 2.75) is 73.8 Å². The average molecular weight is 751 g/mol. The molecule has 0 saturated heterocycles. The summed E-state index contributed by atoms with van der Waals surface area (Å²) in [7, 11) is -10.9. The van der Waals surface area contributed by atoms with Crippen molar-refractivity contribution < 1.29 is 161 Å². The van der Waals surface area contributed by atoms with Gasteiger partial charge in [-0.15, -0.1) is 0 Å². The molecule has 0 atom stereocenters. The maximum atomic E-state index is 14.0. The largest absolute Gasteiger partial charge is 1.00 e. The van der Waals surface area contributed by atoms with E-state index < -0.39 is 104 Å². The Bertz CT molecular complexity index is 1090. The van der Waals surface area contributed by atoms with Crippen molar-refractivity contribution in [1.29, 1.82) is 0 Å². The van der Waals surface area contributed by atoms with Gasteiger partial charge in [0.2, 0.25) is 10.0 Å². The summed E-state index contributed by atoms with van der Waals surface area (Å²) in [5.41, 5.74) is 0. The first-order valence-corrected chi connectivity index (χ1v) is 13.5. The molecular weight excluding hydrogens is 734 g/mol. The summed E-state index contributed by atoms with van der Waals surface area (Å²) in [4.78, 5) is 20.7. The number of hydrogen-bond donors (Lipinski definition) is 0. The second-order valence-electron chi connectivity index (χ2n) is 8.25. The summed E-state index contributed by atoms with van der Waals surface area (Å²) in [6.45, 7) is -1.46. The Balaban J connectivity index is -0.00000840. The Hall–Kier alpha value is 0.830. The molecule has 0 aromatic rings. The fraction of sp³-hybridized carbons (Fsp3) is 1.00. The molecule has 0 fully saturated rings. The van der Waals surface area contributed by atoms with Gasteiger partial charge in [-0.1, -0.05) is 6.92 Å². The van der Waals surface area contributed by atoms with Crippen LogP contribution in [0.2, 0.25) is 0 Å². The molecule has 0 heterocycles. The van der Waals surface area contributed by atoms with E-state index in [4.69, 9.17) is 0 Å². The van der Waals surface area contributed by atoms with Gasteiger partial charge in [-0.2, -0.15) is 74.6 Å². The third-order valence-electron chi connectivity index (χ3n) is 5.13. The minimum absolute atomic E-state index is 0. The van der Waals surface area contributed by atoms with Crippen LogP contribution in [-0.4, -0.2) is 85.8 Å². The number of halogens is 17. The van der Waals surface area contributed by atoms with Crippen LogP contribution < -0.4 is 68.9 Å². The molecule has 0 aromatic heterocycles. The molecule has 0 unspecified atom stereocenters. The van der Waals surface area contributed by atoms with Gasteiger partial charge in [0.1, 0.15) is 0 Å². The van der Waals surface area contributed by atoms with E-state index in [1.54, 1.807) is 0 Å². The van der Waals surface area contributed by atoms with Crippen LogP contribution >= 0.6 is 7.82 Å². The number of alkyl halides is 17. The van der Waals surface area contributed by atoms with Gasteiger partial charge in [0.05, 0.1) is 20.2 Å². The van der Waals surface area contributed by atoms with E-state index in [2.05, 4.69) is 4.52 Å². The van der Waals surface area contributed by atoms with Crippen LogP contribution in [0, 0.1) is 0 Å². The minimum Gasteiger partial charge on any atom is -0.790 e. The number of phosphoric ester groups is 1. The van der Waals surface area contributed by atoms with Gasteiger partial charge in [-0.05, 0) is 12.8 Å². The van der Waals surface area contributed by atoms with Crippen LogP contribution in [0.4, 0.5) is 74.6 Å². The van der Waals surface area contributed by atoms with Gasteiger partial charge in [0.25, 0.3) is 0 Å². The van der Waals surface area contributed by atoms with E-state index in [-0.39, 0.29) is 69.8 Å². The van der Waals surface area contributed by atoms with Crippen molar-refractivity contribution in [2.75, 3.05) is 25.4 Å². The molecule has 0 aliphatic rings. The van der Waals surface area contributed by atoms with Crippen LogP contribution in [0.5, 0.6) is 0 Å². The summed E-state index contributed by atoms with van der Waals surface area (Å²) < 4.78 is 265. The van der Waals surface area contributed by atoms with Gasteiger partial charge in [-0.3, -0.25) is 0 Å². The fourth-order valence-electron chi connectivity index (χ4n) is 2.80. The monoisotopic (exact) mass is 751 g/mol. The topological polar surface area (TPSA) is 110 Å². The fourth-order valence-corrected chi connectivity index (χ4v) is 4.79. The van der Waals surface area contributed by atoms with E-state index in [1.807, 2.05) is 0 Å². The molecule has 0 aliphatic heterocycles. The summed E-state index contributed by atoms with van der Waals surface area (Å²) in [6, 6.07) is 0. The van der Waals surface area contributed by atoms with Gasteiger partial charge in [-0.25, -0.2) is 12.7 Å². The first-order chi connectivity index (χ1) is 18.1. The minimum atomic E-state index is -8.80. The molecule has 0 aromatic carbocycles. The third kappa shape index (κ3) is 9.71. The molecule has 254 valence electrons. The zero-order chi connectivity index (χ0) is 34.2. The van der Waals surface area contributed by atoms with Crippen molar-refractivity contribution in [2.24, 2.45) is 0 Å². The standard InChI is InChI=1S/C16H19F17NO6PS.2Na/c1-2-5-34(6-3-7-40-41(35,36)37)42(38,39)8-4-9(17,18)10(19,20)11(21,22)12(23,24)13(25,26)14(27,28)15(29,30)16(31,32)33;;/h2-8H2,1H3,(H2,35,36,37);;/q;2*+1/p-2. The Morgan fingerprint density at radius 3 is 1.36 bits per heavy atom.